The average molecular weight is 925 g/mol. The number of piperazine rings is 1. The van der Waals surface area contributed by atoms with E-state index in [1.807, 2.05) is 38.1 Å². The number of aliphatic imine (C=N–C) groups is 1. The third kappa shape index (κ3) is 7.13. The van der Waals surface area contributed by atoms with E-state index in [-0.39, 0.29) is 43.0 Å². The van der Waals surface area contributed by atoms with Crippen LogP contribution in [0.4, 0.5) is 0 Å². The maximum Gasteiger partial charge on any atom is 0.246 e. The number of aliphatic hydroxyl groups is 1. The standard InChI is InChI=1S/C56H68N4O8/c1-32(2)13-12-20-54(8)21-19-38-48(66-54)37(17-16-33(3)4)50-43(49(38)65-30-28-60-26-24-59(9)25-27-60)46-44-41(42-45(58-46)35-14-10-11-15-36(35)47(42)62)39-31-40-53(6,7)68-55(51(39)63,56(40,44)67-50)22-18-34(5)52(64)57-23-29-61/h10-11,13-16,18-19,21,39-42,61H,12,17,20,22-31H2,1-9H3,(H,57,64). The van der Waals surface area contributed by atoms with Gasteiger partial charge in [0, 0.05) is 91.3 Å². The van der Waals surface area contributed by atoms with Gasteiger partial charge in [0.25, 0.3) is 0 Å². The molecule has 3 saturated carbocycles. The Morgan fingerprint density at radius 1 is 0.971 bits per heavy atom. The van der Waals surface area contributed by atoms with Crippen molar-refractivity contribution in [3.05, 3.63) is 98.7 Å². The van der Waals surface area contributed by atoms with Crippen LogP contribution < -0.4 is 19.5 Å². The monoisotopic (exact) mass is 925 g/mol. The molecule has 7 atom stereocenters. The van der Waals surface area contributed by atoms with Gasteiger partial charge < -0.3 is 34.3 Å². The van der Waals surface area contributed by atoms with Crippen LogP contribution in [0.5, 0.6) is 17.2 Å². The molecule has 5 heterocycles. The Morgan fingerprint density at radius 2 is 1.71 bits per heavy atom. The first-order chi connectivity index (χ1) is 32.4. The molecule has 9 aliphatic rings. The van der Waals surface area contributed by atoms with Gasteiger partial charge in [0.2, 0.25) is 5.91 Å². The third-order valence-corrected chi connectivity index (χ3v) is 16.2. The van der Waals surface area contributed by atoms with E-state index in [9.17, 15) is 14.7 Å². The zero-order chi connectivity index (χ0) is 48.1. The van der Waals surface area contributed by atoms with Crippen molar-refractivity contribution in [2.75, 3.05) is 59.5 Å². The number of fused-ring (bicyclic) bond motifs is 6. The van der Waals surface area contributed by atoms with Crippen LogP contribution in [0, 0.1) is 23.7 Å². The van der Waals surface area contributed by atoms with Gasteiger partial charge in [0.1, 0.15) is 29.5 Å². The number of ether oxygens (including phenoxy) is 4. The van der Waals surface area contributed by atoms with Gasteiger partial charge >= 0.3 is 0 Å². The van der Waals surface area contributed by atoms with Crippen LogP contribution >= 0.6 is 0 Å². The second kappa shape index (κ2) is 17.1. The Balaban J connectivity index is 1.25. The highest BCUT2D eigenvalue weighted by Gasteiger charge is 2.84. The normalized spacial score (nSPS) is 30.3. The van der Waals surface area contributed by atoms with Gasteiger partial charge in [-0.3, -0.25) is 24.3 Å². The Bertz CT molecular complexity index is 2670. The minimum atomic E-state index is -1.58. The van der Waals surface area contributed by atoms with Crippen molar-refractivity contribution in [2.45, 2.75) is 110 Å². The molecule has 1 amide bonds. The fraction of sp³-hybridized carbons (Fsp3) is 0.536. The van der Waals surface area contributed by atoms with Crippen molar-refractivity contribution in [1.29, 1.82) is 0 Å². The first-order valence-corrected chi connectivity index (χ1v) is 24.8. The zero-order valence-electron chi connectivity index (χ0n) is 41.3. The van der Waals surface area contributed by atoms with Gasteiger partial charge in [-0.2, -0.15) is 0 Å². The van der Waals surface area contributed by atoms with Crippen molar-refractivity contribution in [1.82, 2.24) is 15.1 Å². The fourth-order valence-electron chi connectivity index (χ4n) is 12.8. The smallest absolute Gasteiger partial charge is 0.246 e. The van der Waals surface area contributed by atoms with Gasteiger partial charge in [-0.05, 0) is 100 Å². The highest BCUT2D eigenvalue weighted by molar-refractivity contribution is 6.31. The van der Waals surface area contributed by atoms with E-state index < -0.39 is 40.2 Å². The van der Waals surface area contributed by atoms with Gasteiger partial charge in [-0.25, -0.2) is 0 Å². The van der Waals surface area contributed by atoms with Crippen LogP contribution in [0.2, 0.25) is 0 Å². The van der Waals surface area contributed by atoms with Crippen LogP contribution in [-0.2, 0) is 20.7 Å². The topological polar surface area (TPSA) is 139 Å². The third-order valence-electron chi connectivity index (χ3n) is 16.2. The van der Waals surface area contributed by atoms with Crippen molar-refractivity contribution in [2.24, 2.45) is 28.7 Å². The van der Waals surface area contributed by atoms with Gasteiger partial charge in [0.15, 0.2) is 22.8 Å². The molecule has 5 aliphatic heterocycles. The lowest BCUT2D eigenvalue weighted by Gasteiger charge is -2.62. The molecular formula is C56H68N4O8. The summed E-state index contributed by atoms with van der Waals surface area (Å²) in [7, 11) is 2.16. The number of nitrogens with zero attached hydrogens (tertiary/aromatic N) is 3. The molecule has 11 rings (SSSR count). The highest BCUT2D eigenvalue weighted by Crippen LogP contribution is 2.74. The van der Waals surface area contributed by atoms with Crippen molar-refractivity contribution >= 4 is 35.0 Å². The van der Waals surface area contributed by atoms with Crippen molar-refractivity contribution in [3.8, 4) is 17.2 Å². The summed E-state index contributed by atoms with van der Waals surface area (Å²) in [6, 6.07) is 7.71. The number of amides is 1. The predicted octanol–water partition coefficient (Wildman–Crippen LogP) is 7.72. The summed E-state index contributed by atoms with van der Waals surface area (Å²) in [4.78, 5) is 54.8. The van der Waals surface area contributed by atoms with Crippen molar-refractivity contribution < 1.29 is 38.4 Å². The number of nitrogens with one attached hydrogen (secondary N) is 1. The lowest BCUT2D eigenvalue weighted by Crippen LogP contribution is -2.75. The Kier molecular flexibility index (Phi) is 11.7. The molecule has 2 aromatic carbocycles. The molecule has 360 valence electrons. The minimum Gasteiger partial charge on any atom is -0.491 e. The Labute approximate surface area is 401 Å². The molecule has 4 bridgehead atoms. The lowest BCUT2D eigenvalue weighted by atomic mass is 9.43. The summed E-state index contributed by atoms with van der Waals surface area (Å²) in [5.74, 6) is -0.754. The number of allylic oxidation sites excluding steroid dienone is 4. The van der Waals surface area contributed by atoms with Crippen LogP contribution in [0.3, 0.4) is 0 Å². The lowest BCUT2D eigenvalue weighted by molar-refractivity contribution is -0.182. The molecule has 12 nitrogen and oxygen atoms in total. The summed E-state index contributed by atoms with van der Waals surface area (Å²) in [5.41, 5.74) is 4.25. The molecule has 2 N–H and O–H groups in total. The number of rotatable bonds is 14. The quantitative estimate of drug-likeness (QED) is 0.143. The molecule has 7 unspecified atom stereocenters. The fourth-order valence-corrected chi connectivity index (χ4v) is 12.8. The first-order valence-electron chi connectivity index (χ1n) is 24.8. The largest absolute Gasteiger partial charge is 0.491 e. The van der Waals surface area contributed by atoms with Crippen LogP contribution in [0.25, 0.3) is 11.8 Å². The molecule has 2 saturated heterocycles. The molecule has 12 heteroatoms. The van der Waals surface area contributed by atoms with E-state index in [4.69, 9.17) is 23.9 Å². The van der Waals surface area contributed by atoms with E-state index in [1.54, 1.807) is 13.0 Å². The molecule has 0 radical (unpaired) electrons. The molecule has 5 fully saturated rings. The SMILES string of the molecule is CC(C)=CCCC1(C)C=Cc2c(c(CC=C(C)C)c3c(c2OCCN2CCN(C)CC2)C2=C4C(C5CC6C(C)(C)OC(CC=C(C)C(=O)NCCO)(C5=O)C46O3)C3C(=O)c4ccccc4C3=N2)O1. The number of aliphatic hydroxyl groups excluding tert-OH is 1. The zero-order valence-corrected chi connectivity index (χ0v) is 41.3. The number of likely N-dealkylation sites (N-methyl/N-ethyl adjacent to an activating group) is 1. The Morgan fingerprint density at radius 3 is 2.43 bits per heavy atom. The minimum absolute atomic E-state index is 0.0304. The van der Waals surface area contributed by atoms with E-state index in [0.717, 1.165) is 79.0 Å². The first kappa shape index (κ1) is 46.6. The molecular weight excluding hydrogens is 857 g/mol. The summed E-state index contributed by atoms with van der Waals surface area (Å²) in [5, 5.41) is 12.3. The summed E-state index contributed by atoms with van der Waals surface area (Å²) < 4.78 is 29.9. The highest BCUT2D eigenvalue weighted by atomic mass is 16.6. The van der Waals surface area contributed by atoms with Crippen LogP contribution in [-0.4, -0.2) is 120 Å². The van der Waals surface area contributed by atoms with E-state index in [2.05, 4.69) is 81.1 Å². The Hall–Kier alpha value is -5.14. The average Bonchev–Trinajstić information content (AvgIpc) is 3.66. The molecule has 1 spiro atoms. The summed E-state index contributed by atoms with van der Waals surface area (Å²) in [6.45, 7) is 21.3. The van der Waals surface area contributed by atoms with E-state index in [0.29, 0.717) is 59.2 Å². The number of hydrogen-bond acceptors (Lipinski definition) is 11. The number of carbonyl (C=O) groups is 3. The number of Topliss-reactive ketones (excluding diaryl/α,β-unsaturated/α-hetero) is 2. The molecule has 4 aliphatic carbocycles. The second-order valence-electron chi connectivity index (χ2n) is 21.7. The van der Waals surface area contributed by atoms with Crippen molar-refractivity contribution in [3.63, 3.8) is 0 Å². The molecule has 2 aromatic rings. The maximum absolute atomic E-state index is 16.0. The van der Waals surface area contributed by atoms with E-state index >= 15 is 4.79 Å². The van der Waals surface area contributed by atoms with Gasteiger partial charge in [0.05, 0.1) is 40.7 Å². The van der Waals surface area contributed by atoms with Crippen LogP contribution in [0.15, 0.2) is 75.9 Å². The van der Waals surface area contributed by atoms with Gasteiger partial charge in [-0.1, -0.05) is 53.6 Å². The summed E-state index contributed by atoms with van der Waals surface area (Å²) >= 11 is 0. The maximum atomic E-state index is 16.0. The molecule has 0 aromatic heterocycles. The van der Waals surface area contributed by atoms with E-state index in [1.165, 1.54) is 5.57 Å². The molecule has 68 heavy (non-hydrogen) atoms. The van der Waals surface area contributed by atoms with Crippen LogP contribution in [0.1, 0.15) is 114 Å². The number of hydrogen-bond donors (Lipinski definition) is 2. The number of carbonyl (C=O) groups excluding carboxylic acids is 3. The van der Waals surface area contributed by atoms with Gasteiger partial charge in [-0.15, -0.1) is 0 Å². The second-order valence-corrected chi connectivity index (χ2v) is 21.7. The summed E-state index contributed by atoms with van der Waals surface area (Å²) in [6.07, 6.45) is 13.1. The predicted molar refractivity (Wildman–Crippen MR) is 263 cm³/mol. The number of benzene rings is 2. The number of ketones is 2.